The molecule has 2 rings (SSSR count). The standard InChI is InChI=1S/C12H14N2O7S/c1-21-10-7-8(14(17)18)4-5-11(10)22(19,20)13-6-2-3-9(13)12(15)16/h4-5,7,9H,2-3,6H2,1H3,(H,15,16)/t9-/m1/s1. The minimum absolute atomic E-state index is 0.0828. The van der Waals surface area contributed by atoms with E-state index in [1.165, 1.54) is 7.11 Å². The van der Waals surface area contributed by atoms with Gasteiger partial charge in [-0.15, -0.1) is 0 Å². The second kappa shape index (κ2) is 5.89. The summed E-state index contributed by atoms with van der Waals surface area (Å²) in [5.41, 5.74) is -0.313. The molecule has 0 aliphatic carbocycles. The van der Waals surface area contributed by atoms with Crippen LogP contribution >= 0.6 is 0 Å². The molecule has 9 nitrogen and oxygen atoms in total. The fourth-order valence-electron chi connectivity index (χ4n) is 2.38. The van der Waals surface area contributed by atoms with E-state index in [2.05, 4.69) is 0 Å². The van der Waals surface area contributed by atoms with Crippen molar-refractivity contribution in [3.05, 3.63) is 28.3 Å². The van der Waals surface area contributed by atoms with E-state index in [-0.39, 0.29) is 29.3 Å². The summed E-state index contributed by atoms with van der Waals surface area (Å²) in [7, 11) is -2.92. The molecule has 120 valence electrons. The van der Waals surface area contributed by atoms with Crippen molar-refractivity contribution in [2.45, 2.75) is 23.8 Å². The fraction of sp³-hybridized carbons (Fsp3) is 0.417. The Morgan fingerprint density at radius 3 is 2.73 bits per heavy atom. The van der Waals surface area contributed by atoms with Gasteiger partial charge in [-0.05, 0) is 18.9 Å². The number of nitrogens with zero attached hydrogens (tertiary/aromatic N) is 2. The first-order chi connectivity index (χ1) is 10.3. The first-order valence-electron chi connectivity index (χ1n) is 6.36. The van der Waals surface area contributed by atoms with Crippen molar-refractivity contribution in [2.75, 3.05) is 13.7 Å². The van der Waals surface area contributed by atoms with Crippen LogP contribution in [0.25, 0.3) is 0 Å². The van der Waals surface area contributed by atoms with E-state index in [0.717, 1.165) is 22.5 Å². The van der Waals surface area contributed by atoms with Gasteiger partial charge in [0.15, 0.2) is 0 Å². The lowest BCUT2D eigenvalue weighted by molar-refractivity contribution is -0.385. The lowest BCUT2D eigenvalue weighted by atomic mass is 10.2. The van der Waals surface area contributed by atoms with Gasteiger partial charge in [-0.25, -0.2) is 8.42 Å². The monoisotopic (exact) mass is 330 g/mol. The molecule has 0 amide bonds. The van der Waals surface area contributed by atoms with Crippen molar-refractivity contribution in [1.29, 1.82) is 0 Å². The van der Waals surface area contributed by atoms with E-state index < -0.39 is 27.0 Å². The van der Waals surface area contributed by atoms with Gasteiger partial charge in [-0.3, -0.25) is 14.9 Å². The maximum absolute atomic E-state index is 12.6. The molecular formula is C12H14N2O7S. The smallest absolute Gasteiger partial charge is 0.322 e. The highest BCUT2D eigenvalue weighted by molar-refractivity contribution is 7.89. The van der Waals surface area contributed by atoms with Gasteiger partial charge in [-0.2, -0.15) is 4.31 Å². The van der Waals surface area contributed by atoms with Gasteiger partial charge >= 0.3 is 5.97 Å². The normalized spacial score (nSPS) is 19.0. The van der Waals surface area contributed by atoms with Crippen LogP contribution < -0.4 is 4.74 Å². The van der Waals surface area contributed by atoms with Crippen molar-refractivity contribution >= 4 is 21.7 Å². The van der Waals surface area contributed by atoms with Gasteiger partial charge in [0.05, 0.1) is 18.1 Å². The average Bonchev–Trinajstić information content (AvgIpc) is 2.96. The highest BCUT2D eigenvalue weighted by Gasteiger charge is 2.40. The number of carbonyl (C=O) groups is 1. The number of rotatable bonds is 5. The van der Waals surface area contributed by atoms with Crippen LogP contribution in [0.3, 0.4) is 0 Å². The van der Waals surface area contributed by atoms with Crippen molar-refractivity contribution in [3.63, 3.8) is 0 Å². The molecule has 1 fully saturated rings. The fourth-order valence-corrected chi connectivity index (χ4v) is 4.17. The summed E-state index contributed by atoms with van der Waals surface area (Å²) in [5, 5.41) is 19.9. The zero-order valence-corrected chi connectivity index (χ0v) is 12.4. The van der Waals surface area contributed by atoms with Crippen LogP contribution in [-0.2, 0) is 14.8 Å². The van der Waals surface area contributed by atoms with Crippen LogP contribution in [-0.4, -0.2) is 48.4 Å². The zero-order valence-electron chi connectivity index (χ0n) is 11.6. The lowest BCUT2D eigenvalue weighted by Gasteiger charge is -2.21. The molecule has 1 heterocycles. The molecule has 1 aliphatic heterocycles. The van der Waals surface area contributed by atoms with E-state index in [1.54, 1.807) is 0 Å². The molecule has 1 aromatic rings. The number of hydrogen-bond acceptors (Lipinski definition) is 6. The predicted molar refractivity (Wildman–Crippen MR) is 74.2 cm³/mol. The molecule has 0 unspecified atom stereocenters. The number of carboxylic acid groups (broad SMARTS) is 1. The first kappa shape index (κ1) is 16.2. The number of aliphatic carboxylic acids is 1. The molecule has 0 aromatic heterocycles. The van der Waals surface area contributed by atoms with Crippen LogP contribution in [0, 0.1) is 10.1 Å². The van der Waals surface area contributed by atoms with Crippen LogP contribution in [0.15, 0.2) is 23.1 Å². The Labute approximate surface area is 126 Å². The molecule has 22 heavy (non-hydrogen) atoms. The number of hydrogen-bond donors (Lipinski definition) is 1. The summed E-state index contributed by atoms with van der Waals surface area (Å²) in [6, 6.07) is 1.97. The number of benzene rings is 1. The largest absolute Gasteiger partial charge is 0.495 e. The van der Waals surface area contributed by atoms with E-state index in [1.807, 2.05) is 0 Å². The number of sulfonamides is 1. The van der Waals surface area contributed by atoms with Crippen molar-refractivity contribution in [3.8, 4) is 5.75 Å². The number of nitro benzene ring substituents is 1. The van der Waals surface area contributed by atoms with Gasteiger partial charge in [0.2, 0.25) is 10.0 Å². The summed E-state index contributed by atoms with van der Waals surface area (Å²) >= 11 is 0. The van der Waals surface area contributed by atoms with Crippen LogP contribution in [0.1, 0.15) is 12.8 Å². The number of carboxylic acids is 1. The number of non-ortho nitro benzene ring substituents is 1. The van der Waals surface area contributed by atoms with Gasteiger partial charge in [-0.1, -0.05) is 0 Å². The zero-order chi connectivity index (χ0) is 16.5. The molecule has 0 spiro atoms. The SMILES string of the molecule is COc1cc([N+](=O)[O-])ccc1S(=O)(=O)N1CCC[C@@H]1C(=O)O. The molecular weight excluding hydrogens is 316 g/mol. The molecule has 10 heteroatoms. The van der Waals surface area contributed by atoms with Crippen LogP contribution in [0.5, 0.6) is 5.75 Å². The minimum Gasteiger partial charge on any atom is -0.495 e. The summed E-state index contributed by atoms with van der Waals surface area (Å²) in [4.78, 5) is 20.9. The Kier molecular flexibility index (Phi) is 4.33. The first-order valence-corrected chi connectivity index (χ1v) is 7.80. The Bertz CT molecular complexity index is 716. The number of ether oxygens (including phenoxy) is 1. The Hall–Kier alpha value is -2.20. The lowest BCUT2D eigenvalue weighted by Crippen LogP contribution is -2.40. The highest BCUT2D eigenvalue weighted by Crippen LogP contribution is 2.33. The van der Waals surface area contributed by atoms with Gasteiger partial charge in [0.25, 0.3) is 5.69 Å². The van der Waals surface area contributed by atoms with Gasteiger partial charge in [0, 0.05) is 12.6 Å². The molecule has 1 aliphatic rings. The van der Waals surface area contributed by atoms with Crippen LogP contribution in [0.4, 0.5) is 5.69 Å². The van der Waals surface area contributed by atoms with Crippen molar-refractivity contribution in [1.82, 2.24) is 4.31 Å². The summed E-state index contributed by atoms with van der Waals surface area (Å²) < 4.78 is 31.1. The predicted octanol–water partition coefficient (Wildman–Crippen LogP) is 0.841. The number of nitro groups is 1. The van der Waals surface area contributed by atoms with E-state index >= 15 is 0 Å². The summed E-state index contributed by atoms with van der Waals surface area (Å²) in [6.45, 7) is 0.0828. The average molecular weight is 330 g/mol. The molecule has 0 saturated carbocycles. The Morgan fingerprint density at radius 1 is 1.50 bits per heavy atom. The topological polar surface area (TPSA) is 127 Å². The molecule has 1 saturated heterocycles. The van der Waals surface area contributed by atoms with Gasteiger partial charge < -0.3 is 9.84 Å². The third-order valence-corrected chi connectivity index (χ3v) is 5.38. The van der Waals surface area contributed by atoms with Crippen molar-refractivity contribution in [2.24, 2.45) is 0 Å². The summed E-state index contributed by atoms with van der Waals surface area (Å²) in [5.74, 6) is -1.41. The van der Waals surface area contributed by atoms with E-state index in [9.17, 15) is 23.3 Å². The van der Waals surface area contributed by atoms with E-state index in [0.29, 0.717) is 6.42 Å². The Morgan fingerprint density at radius 2 is 2.18 bits per heavy atom. The highest BCUT2D eigenvalue weighted by atomic mass is 32.2. The maximum atomic E-state index is 12.6. The maximum Gasteiger partial charge on any atom is 0.322 e. The molecule has 0 radical (unpaired) electrons. The number of methoxy groups -OCH3 is 1. The van der Waals surface area contributed by atoms with Crippen molar-refractivity contribution < 1.29 is 28.0 Å². The molecule has 1 atom stereocenters. The molecule has 1 N–H and O–H groups in total. The van der Waals surface area contributed by atoms with E-state index in [4.69, 9.17) is 9.84 Å². The van der Waals surface area contributed by atoms with Crippen LogP contribution in [0.2, 0.25) is 0 Å². The third-order valence-electron chi connectivity index (χ3n) is 3.43. The second-order valence-electron chi connectivity index (χ2n) is 4.70. The summed E-state index contributed by atoms with van der Waals surface area (Å²) in [6.07, 6.45) is 0.662. The molecule has 0 bridgehead atoms. The quantitative estimate of drug-likeness (QED) is 0.626. The minimum atomic E-state index is -4.11. The third kappa shape index (κ3) is 2.74. The second-order valence-corrected chi connectivity index (χ2v) is 6.56. The molecule has 1 aromatic carbocycles. The Balaban J connectivity index is 2.49. The van der Waals surface area contributed by atoms with Gasteiger partial charge in [0.1, 0.15) is 16.7 Å².